The second-order valence-corrected chi connectivity index (χ2v) is 5.39. The van der Waals surface area contributed by atoms with Gasteiger partial charge in [-0.15, -0.1) is 0 Å². The molecule has 20 heavy (non-hydrogen) atoms. The van der Waals surface area contributed by atoms with Gasteiger partial charge in [-0.05, 0) is 24.6 Å². The first-order valence-corrected chi connectivity index (χ1v) is 7.19. The van der Waals surface area contributed by atoms with E-state index in [9.17, 15) is 8.78 Å². The van der Waals surface area contributed by atoms with Gasteiger partial charge in [-0.3, -0.25) is 0 Å². The molecule has 1 aromatic heterocycles. The SMILES string of the molecule is CCCNc1ncc(Cl)c(Sc2cc(F)ccc2F)n1. The van der Waals surface area contributed by atoms with Crippen LogP contribution in [0.15, 0.2) is 34.3 Å². The molecule has 106 valence electrons. The van der Waals surface area contributed by atoms with Crippen molar-refractivity contribution in [3.8, 4) is 0 Å². The zero-order chi connectivity index (χ0) is 14.5. The number of benzene rings is 1. The average molecular weight is 316 g/mol. The fourth-order valence-corrected chi connectivity index (χ4v) is 2.44. The van der Waals surface area contributed by atoms with E-state index in [4.69, 9.17) is 11.6 Å². The molecule has 0 aliphatic carbocycles. The molecule has 0 aliphatic heterocycles. The fraction of sp³-hybridized carbons (Fsp3) is 0.231. The monoisotopic (exact) mass is 315 g/mol. The van der Waals surface area contributed by atoms with E-state index in [0.717, 1.165) is 42.9 Å². The molecule has 2 rings (SSSR count). The van der Waals surface area contributed by atoms with Crippen molar-refractivity contribution in [2.75, 3.05) is 11.9 Å². The van der Waals surface area contributed by atoms with E-state index >= 15 is 0 Å². The van der Waals surface area contributed by atoms with E-state index in [1.165, 1.54) is 6.20 Å². The summed E-state index contributed by atoms with van der Waals surface area (Å²) in [6.07, 6.45) is 2.36. The predicted octanol–water partition coefficient (Wildman–Crippen LogP) is 4.38. The van der Waals surface area contributed by atoms with Gasteiger partial charge in [-0.25, -0.2) is 18.7 Å². The molecule has 3 nitrogen and oxygen atoms in total. The maximum Gasteiger partial charge on any atom is 0.223 e. The summed E-state index contributed by atoms with van der Waals surface area (Å²) < 4.78 is 26.7. The van der Waals surface area contributed by atoms with Crippen molar-refractivity contribution < 1.29 is 8.78 Å². The van der Waals surface area contributed by atoms with Gasteiger partial charge in [-0.2, -0.15) is 0 Å². The summed E-state index contributed by atoms with van der Waals surface area (Å²) in [6.45, 7) is 2.74. The van der Waals surface area contributed by atoms with Crippen LogP contribution in [0.5, 0.6) is 0 Å². The van der Waals surface area contributed by atoms with Crippen molar-refractivity contribution in [1.82, 2.24) is 9.97 Å². The van der Waals surface area contributed by atoms with Gasteiger partial charge in [0.05, 0.1) is 16.1 Å². The third kappa shape index (κ3) is 3.80. The van der Waals surface area contributed by atoms with Crippen LogP contribution in [0.25, 0.3) is 0 Å². The Morgan fingerprint density at radius 3 is 2.90 bits per heavy atom. The van der Waals surface area contributed by atoms with E-state index in [0.29, 0.717) is 16.0 Å². The van der Waals surface area contributed by atoms with Crippen LogP contribution >= 0.6 is 23.4 Å². The number of rotatable bonds is 5. The average Bonchev–Trinajstić information content (AvgIpc) is 2.43. The Kier molecular flexibility index (Phi) is 5.14. The van der Waals surface area contributed by atoms with Gasteiger partial charge in [-0.1, -0.05) is 30.3 Å². The summed E-state index contributed by atoms with van der Waals surface area (Å²) in [5.74, 6) is -0.617. The van der Waals surface area contributed by atoms with Gasteiger partial charge in [0.15, 0.2) is 0 Å². The van der Waals surface area contributed by atoms with Crippen LogP contribution in [0.4, 0.5) is 14.7 Å². The second-order valence-electron chi connectivity index (χ2n) is 3.95. The quantitative estimate of drug-likeness (QED) is 0.831. The highest BCUT2D eigenvalue weighted by molar-refractivity contribution is 7.99. The molecule has 0 spiro atoms. The molecular formula is C13H12ClF2N3S. The summed E-state index contributed by atoms with van der Waals surface area (Å²) in [4.78, 5) is 8.35. The van der Waals surface area contributed by atoms with E-state index in [2.05, 4.69) is 15.3 Å². The van der Waals surface area contributed by atoms with E-state index < -0.39 is 11.6 Å². The van der Waals surface area contributed by atoms with E-state index in [1.807, 2.05) is 6.92 Å². The minimum absolute atomic E-state index is 0.132. The molecule has 1 N–H and O–H groups in total. The number of aromatic nitrogens is 2. The largest absolute Gasteiger partial charge is 0.354 e. The predicted molar refractivity (Wildman–Crippen MR) is 76.3 cm³/mol. The van der Waals surface area contributed by atoms with Crippen LogP contribution in [0, 0.1) is 11.6 Å². The fourth-order valence-electron chi connectivity index (χ4n) is 1.40. The Bertz CT molecular complexity index is 610. The molecule has 1 heterocycles. The molecule has 0 saturated carbocycles. The molecule has 7 heteroatoms. The van der Waals surface area contributed by atoms with Crippen molar-refractivity contribution in [2.24, 2.45) is 0 Å². The van der Waals surface area contributed by atoms with Crippen LogP contribution in [0.1, 0.15) is 13.3 Å². The Morgan fingerprint density at radius 2 is 2.15 bits per heavy atom. The van der Waals surface area contributed by atoms with Crippen molar-refractivity contribution in [1.29, 1.82) is 0 Å². The van der Waals surface area contributed by atoms with Crippen LogP contribution in [-0.2, 0) is 0 Å². The number of halogens is 3. The van der Waals surface area contributed by atoms with Gasteiger partial charge < -0.3 is 5.32 Å². The number of hydrogen-bond acceptors (Lipinski definition) is 4. The summed E-state index contributed by atoms with van der Waals surface area (Å²) in [5.41, 5.74) is 0. The molecule has 0 bridgehead atoms. The lowest BCUT2D eigenvalue weighted by Gasteiger charge is -2.07. The smallest absolute Gasteiger partial charge is 0.223 e. The second kappa shape index (κ2) is 6.85. The molecule has 0 fully saturated rings. The minimum atomic E-state index is -0.519. The summed E-state index contributed by atoms with van der Waals surface area (Å²) in [7, 11) is 0. The molecule has 2 aromatic rings. The van der Waals surface area contributed by atoms with Crippen molar-refractivity contribution in [2.45, 2.75) is 23.3 Å². The first-order chi connectivity index (χ1) is 9.60. The van der Waals surface area contributed by atoms with Gasteiger partial charge in [0.25, 0.3) is 0 Å². The highest BCUT2D eigenvalue weighted by Crippen LogP contribution is 2.33. The van der Waals surface area contributed by atoms with Gasteiger partial charge in [0.1, 0.15) is 16.7 Å². The number of nitrogens with zero attached hydrogens (tertiary/aromatic N) is 2. The molecule has 1 aromatic carbocycles. The van der Waals surface area contributed by atoms with Crippen LogP contribution in [0.3, 0.4) is 0 Å². The van der Waals surface area contributed by atoms with Gasteiger partial charge in [0.2, 0.25) is 5.95 Å². The molecule has 0 atom stereocenters. The summed E-state index contributed by atoms with van der Waals surface area (Å²) in [5, 5.41) is 3.68. The molecule has 0 unspecified atom stereocenters. The van der Waals surface area contributed by atoms with Crippen molar-refractivity contribution in [3.05, 3.63) is 41.1 Å². The maximum atomic E-state index is 13.6. The highest BCUT2D eigenvalue weighted by Gasteiger charge is 2.11. The van der Waals surface area contributed by atoms with Gasteiger partial charge in [0, 0.05) is 6.54 Å². The zero-order valence-corrected chi connectivity index (χ0v) is 12.2. The topological polar surface area (TPSA) is 37.8 Å². The molecule has 0 saturated heterocycles. The highest BCUT2D eigenvalue weighted by atomic mass is 35.5. The standard InChI is InChI=1S/C13H12ClF2N3S/c1-2-5-17-13-18-7-9(14)12(19-13)20-11-6-8(15)3-4-10(11)16/h3-4,6-7H,2,5H2,1H3,(H,17,18,19). The third-order valence-corrected chi connectivity index (χ3v) is 3.77. The number of hydrogen-bond donors (Lipinski definition) is 1. The van der Waals surface area contributed by atoms with Crippen molar-refractivity contribution >= 4 is 29.3 Å². The van der Waals surface area contributed by atoms with Crippen LogP contribution in [-0.4, -0.2) is 16.5 Å². The first kappa shape index (κ1) is 15.0. The Hall–Kier alpha value is -1.40. The van der Waals surface area contributed by atoms with Crippen LogP contribution in [0.2, 0.25) is 5.02 Å². The lowest BCUT2D eigenvalue weighted by atomic mass is 10.3. The molecular weight excluding hydrogens is 304 g/mol. The van der Waals surface area contributed by atoms with E-state index in [1.54, 1.807) is 0 Å². The summed E-state index contributed by atoms with van der Waals surface area (Å²) >= 11 is 6.95. The number of nitrogens with one attached hydrogen (secondary N) is 1. The zero-order valence-electron chi connectivity index (χ0n) is 10.7. The van der Waals surface area contributed by atoms with Crippen LogP contribution < -0.4 is 5.32 Å². The molecule has 0 aliphatic rings. The number of anilines is 1. The third-order valence-electron chi connectivity index (χ3n) is 2.34. The Morgan fingerprint density at radius 1 is 1.35 bits per heavy atom. The van der Waals surface area contributed by atoms with Crippen molar-refractivity contribution in [3.63, 3.8) is 0 Å². The minimum Gasteiger partial charge on any atom is -0.354 e. The normalized spacial score (nSPS) is 10.6. The van der Waals surface area contributed by atoms with Gasteiger partial charge >= 0.3 is 0 Å². The Balaban J connectivity index is 2.25. The maximum absolute atomic E-state index is 13.6. The lowest BCUT2D eigenvalue weighted by molar-refractivity contribution is 0.577. The molecule has 0 radical (unpaired) electrons. The summed E-state index contributed by atoms with van der Waals surface area (Å²) in [6, 6.07) is 3.25. The Labute approximate surface area is 124 Å². The first-order valence-electron chi connectivity index (χ1n) is 5.99. The molecule has 0 amide bonds. The van der Waals surface area contributed by atoms with E-state index in [-0.39, 0.29) is 4.90 Å². The lowest BCUT2D eigenvalue weighted by Crippen LogP contribution is -2.04.